The lowest BCUT2D eigenvalue weighted by Crippen LogP contribution is -2.37. The molecule has 0 amide bonds. The Morgan fingerprint density at radius 3 is 2.35 bits per heavy atom. The smallest absolute Gasteiger partial charge is 0.243 e. The van der Waals surface area contributed by atoms with Gasteiger partial charge in [-0.2, -0.15) is 4.31 Å². The maximum atomic E-state index is 13.2. The summed E-state index contributed by atoms with van der Waals surface area (Å²) in [6, 6.07) is 13.4. The largest absolute Gasteiger partial charge is 0.377 e. The number of nitrogens with one attached hydrogen (secondary N) is 1. The summed E-state index contributed by atoms with van der Waals surface area (Å²) in [5.74, 6) is 0.242. The Balaban J connectivity index is 1.23. The number of ether oxygens (including phenoxy) is 1. The van der Waals surface area contributed by atoms with Gasteiger partial charge in [-0.25, -0.2) is 26.5 Å². The highest BCUT2D eigenvalue weighted by atomic mass is 32.2. The highest BCUT2D eigenvalue weighted by Crippen LogP contribution is 2.35. The number of aromatic nitrogens is 1. The van der Waals surface area contributed by atoms with Gasteiger partial charge in [-0.1, -0.05) is 12.1 Å². The number of piperidine rings is 1. The van der Waals surface area contributed by atoms with Crippen LogP contribution in [0.1, 0.15) is 36.6 Å². The van der Waals surface area contributed by atoms with Crippen LogP contribution in [0.25, 0.3) is 10.2 Å². The fourth-order valence-corrected chi connectivity index (χ4v) is 8.11. The highest BCUT2D eigenvalue weighted by molar-refractivity contribution is 7.89. The van der Waals surface area contributed by atoms with Crippen molar-refractivity contribution in [3.05, 3.63) is 53.5 Å². The second-order valence-electron chi connectivity index (χ2n) is 8.66. The molecule has 2 aromatic carbocycles. The third kappa shape index (κ3) is 4.91. The van der Waals surface area contributed by atoms with Gasteiger partial charge in [-0.3, -0.25) is 0 Å². The van der Waals surface area contributed by atoms with Crippen molar-refractivity contribution in [2.24, 2.45) is 0 Å². The molecule has 0 aliphatic carbocycles. The number of fused-ring (bicyclic) bond motifs is 1. The number of rotatable bonds is 7. The normalized spacial score (nSPS) is 20.8. The van der Waals surface area contributed by atoms with Crippen molar-refractivity contribution in [3.63, 3.8) is 0 Å². The van der Waals surface area contributed by atoms with E-state index in [0.29, 0.717) is 32.5 Å². The molecular weight excluding hydrogens is 494 g/mol. The van der Waals surface area contributed by atoms with E-state index in [4.69, 9.17) is 9.72 Å². The average molecular weight is 522 g/mol. The van der Waals surface area contributed by atoms with Crippen molar-refractivity contribution >= 4 is 41.6 Å². The molecule has 11 heteroatoms. The molecule has 0 spiro atoms. The Kier molecular flexibility index (Phi) is 6.75. The van der Waals surface area contributed by atoms with E-state index in [0.717, 1.165) is 28.1 Å². The molecule has 1 N–H and O–H groups in total. The summed E-state index contributed by atoms with van der Waals surface area (Å²) in [5, 5.41) is 1.06. The molecule has 0 radical (unpaired) electrons. The zero-order valence-corrected chi connectivity index (χ0v) is 21.0. The van der Waals surface area contributed by atoms with Gasteiger partial charge in [0.1, 0.15) is 0 Å². The maximum Gasteiger partial charge on any atom is 0.243 e. The van der Waals surface area contributed by atoms with Gasteiger partial charge in [0.05, 0.1) is 31.1 Å². The van der Waals surface area contributed by atoms with Gasteiger partial charge in [0.25, 0.3) is 0 Å². The van der Waals surface area contributed by atoms with Crippen LogP contribution < -0.4 is 4.72 Å². The fraction of sp³-hybridized carbons (Fsp3) is 0.435. The van der Waals surface area contributed by atoms with E-state index in [1.165, 1.54) is 28.6 Å². The molecule has 34 heavy (non-hydrogen) atoms. The molecule has 2 aliphatic heterocycles. The Hall–Kier alpha value is -1.89. The first-order chi connectivity index (χ1) is 16.3. The summed E-state index contributed by atoms with van der Waals surface area (Å²) in [6.07, 6.45) is 3.06. The van der Waals surface area contributed by atoms with Crippen LogP contribution >= 0.6 is 11.3 Å². The van der Waals surface area contributed by atoms with Gasteiger partial charge in [-0.05, 0) is 62.1 Å². The van der Waals surface area contributed by atoms with Crippen molar-refractivity contribution in [2.75, 3.05) is 26.2 Å². The summed E-state index contributed by atoms with van der Waals surface area (Å²) in [4.78, 5) is 4.88. The lowest BCUT2D eigenvalue weighted by molar-refractivity contribution is 0.114. The van der Waals surface area contributed by atoms with E-state index < -0.39 is 20.0 Å². The van der Waals surface area contributed by atoms with Gasteiger partial charge < -0.3 is 4.74 Å². The van der Waals surface area contributed by atoms with E-state index >= 15 is 0 Å². The van der Waals surface area contributed by atoms with Crippen LogP contribution in [0.15, 0.2) is 58.3 Å². The quantitative estimate of drug-likeness (QED) is 0.511. The zero-order valence-electron chi connectivity index (χ0n) is 18.6. The van der Waals surface area contributed by atoms with E-state index in [1.54, 1.807) is 11.3 Å². The monoisotopic (exact) mass is 521 g/mol. The molecule has 1 aromatic heterocycles. The van der Waals surface area contributed by atoms with Crippen molar-refractivity contribution in [3.8, 4) is 0 Å². The van der Waals surface area contributed by atoms with Crippen LogP contribution in [0, 0.1) is 0 Å². The van der Waals surface area contributed by atoms with E-state index in [9.17, 15) is 16.8 Å². The number of para-hydroxylation sites is 1. The second-order valence-corrected chi connectivity index (χ2v) is 13.4. The Labute approximate surface area is 204 Å². The zero-order chi connectivity index (χ0) is 23.8. The third-order valence-electron chi connectivity index (χ3n) is 6.41. The Bertz CT molecular complexity index is 1320. The first kappa shape index (κ1) is 23.8. The maximum absolute atomic E-state index is 13.2. The fourth-order valence-electron chi connectivity index (χ4n) is 4.44. The summed E-state index contributed by atoms with van der Waals surface area (Å²) >= 11 is 1.67. The molecule has 0 bridgehead atoms. The second kappa shape index (κ2) is 9.63. The molecule has 3 aromatic rings. The summed E-state index contributed by atoms with van der Waals surface area (Å²) < 4.78 is 62.1. The highest BCUT2D eigenvalue weighted by Gasteiger charge is 2.31. The van der Waals surface area contributed by atoms with Crippen LogP contribution in [0.5, 0.6) is 0 Å². The minimum absolute atomic E-state index is 0.0407. The molecule has 5 rings (SSSR count). The number of hydrogen-bond donors (Lipinski definition) is 1. The molecule has 0 unspecified atom stereocenters. The molecule has 0 saturated carbocycles. The van der Waals surface area contributed by atoms with Gasteiger partial charge in [-0.15, -0.1) is 11.3 Å². The molecule has 2 saturated heterocycles. The molecule has 1 atom stereocenters. The molecular formula is C23H27N3O5S3. The minimum Gasteiger partial charge on any atom is -0.377 e. The first-order valence-electron chi connectivity index (χ1n) is 11.4. The van der Waals surface area contributed by atoms with Crippen molar-refractivity contribution in [2.45, 2.75) is 47.5 Å². The number of hydrogen-bond acceptors (Lipinski definition) is 7. The lowest BCUT2D eigenvalue weighted by atomic mass is 9.99. The predicted molar refractivity (Wildman–Crippen MR) is 131 cm³/mol. The topological polar surface area (TPSA) is 106 Å². The summed E-state index contributed by atoms with van der Waals surface area (Å²) in [7, 11) is -7.43. The van der Waals surface area contributed by atoms with E-state index in [-0.39, 0.29) is 28.4 Å². The van der Waals surface area contributed by atoms with Crippen molar-refractivity contribution < 1.29 is 21.6 Å². The Morgan fingerprint density at radius 1 is 0.971 bits per heavy atom. The molecule has 2 aliphatic rings. The van der Waals surface area contributed by atoms with Gasteiger partial charge >= 0.3 is 0 Å². The van der Waals surface area contributed by atoms with Gasteiger partial charge in [0, 0.05) is 32.2 Å². The van der Waals surface area contributed by atoms with Crippen LogP contribution in [0.4, 0.5) is 0 Å². The van der Waals surface area contributed by atoms with Crippen LogP contribution in [0.2, 0.25) is 0 Å². The summed E-state index contributed by atoms with van der Waals surface area (Å²) in [5.41, 5.74) is 0.984. The Morgan fingerprint density at radius 2 is 1.68 bits per heavy atom. The molecule has 182 valence electrons. The van der Waals surface area contributed by atoms with E-state index in [2.05, 4.69) is 10.8 Å². The SMILES string of the molecule is O=S(=O)(NC[C@H]1CCCO1)c1ccc(S(=O)(=O)N2CCC(c3nc4ccccc4s3)CC2)cc1. The standard InChI is InChI=1S/C23H27N3O5S3/c27-33(28,24-16-18-4-3-15-31-18)19-7-9-20(10-8-19)34(29,30)26-13-11-17(12-14-26)23-25-21-5-1-2-6-22(21)32-23/h1-2,5-10,17-18,24H,3-4,11-16H2/t18-/m1/s1. The average Bonchev–Trinajstić information content (AvgIpc) is 3.53. The van der Waals surface area contributed by atoms with Gasteiger partial charge in [0.2, 0.25) is 20.0 Å². The van der Waals surface area contributed by atoms with Gasteiger partial charge in [0.15, 0.2) is 0 Å². The molecule has 3 heterocycles. The molecule has 2 fully saturated rings. The first-order valence-corrected chi connectivity index (χ1v) is 15.1. The number of benzene rings is 2. The van der Waals surface area contributed by atoms with Crippen molar-refractivity contribution in [1.82, 2.24) is 14.0 Å². The van der Waals surface area contributed by atoms with E-state index in [1.807, 2.05) is 18.2 Å². The minimum atomic E-state index is -3.73. The third-order valence-corrected chi connectivity index (χ3v) is 11.0. The number of thiazole rings is 1. The lowest BCUT2D eigenvalue weighted by Gasteiger charge is -2.30. The molecule has 8 nitrogen and oxygen atoms in total. The predicted octanol–water partition coefficient (Wildman–Crippen LogP) is 3.32. The summed E-state index contributed by atoms with van der Waals surface area (Å²) in [6.45, 7) is 1.68. The number of nitrogens with zero attached hydrogens (tertiary/aromatic N) is 2. The van der Waals surface area contributed by atoms with Crippen molar-refractivity contribution in [1.29, 1.82) is 0 Å². The van der Waals surface area contributed by atoms with Crippen LogP contribution in [-0.4, -0.2) is 58.5 Å². The van der Waals surface area contributed by atoms with Crippen LogP contribution in [-0.2, 0) is 24.8 Å². The number of sulfonamides is 2. The van der Waals surface area contributed by atoms with Crippen LogP contribution in [0.3, 0.4) is 0 Å².